The van der Waals surface area contributed by atoms with Gasteiger partial charge in [0.15, 0.2) is 0 Å². The summed E-state index contributed by atoms with van der Waals surface area (Å²) in [5.41, 5.74) is 0.526. The van der Waals surface area contributed by atoms with Crippen molar-refractivity contribution in [2.75, 3.05) is 0 Å². The molecule has 2 N–H and O–H groups in total. The molecule has 1 aliphatic carbocycles. The quantitative estimate of drug-likeness (QED) is 0.763. The molecule has 19 heavy (non-hydrogen) atoms. The van der Waals surface area contributed by atoms with Gasteiger partial charge in [0, 0.05) is 0 Å². The second-order valence-electron chi connectivity index (χ2n) is 5.65. The highest BCUT2D eigenvalue weighted by Crippen LogP contribution is 2.17. The molecule has 0 saturated carbocycles. The largest absolute Gasteiger partial charge is 0.511 e. The second-order valence-corrected chi connectivity index (χ2v) is 5.65. The zero-order valence-electron chi connectivity index (χ0n) is 11.9. The first kappa shape index (κ1) is 15.3. The summed E-state index contributed by atoms with van der Waals surface area (Å²) in [5, 5.41) is 12.2. The van der Waals surface area contributed by atoms with Crippen LogP contribution in [0.15, 0.2) is 36.1 Å². The Labute approximate surface area is 114 Å². The van der Waals surface area contributed by atoms with Crippen LogP contribution in [0.1, 0.15) is 40.0 Å². The van der Waals surface area contributed by atoms with Gasteiger partial charge in [-0.2, -0.15) is 0 Å². The first-order valence-electron chi connectivity index (χ1n) is 6.51. The Morgan fingerprint density at radius 3 is 2.68 bits per heavy atom. The summed E-state index contributed by atoms with van der Waals surface area (Å²) in [4.78, 5) is 11.7. The van der Waals surface area contributed by atoms with Crippen LogP contribution in [0, 0.1) is 0 Å². The number of carbonyl (C=O) groups excluding carboxylic acids is 1. The lowest BCUT2D eigenvalue weighted by Crippen LogP contribution is -2.40. The average molecular weight is 265 g/mol. The zero-order valence-corrected chi connectivity index (χ0v) is 11.9. The number of hydrogen-bond acceptors (Lipinski definition) is 3. The van der Waals surface area contributed by atoms with E-state index in [9.17, 15) is 9.90 Å². The van der Waals surface area contributed by atoms with Crippen molar-refractivity contribution in [1.82, 2.24) is 5.32 Å². The van der Waals surface area contributed by atoms with Gasteiger partial charge in [-0.25, -0.2) is 4.79 Å². The first-order chi connectivity index (χ1) is 8.78. The monoisotopic (exact) mass is 265 g/mol. The number of aliphatic hydroxyl groups is 1. The number of carbonyl (C=O) groups is 1. The van der Waals surface area contributed by atoms with Gasteiger partial charge < -0.3 is 15.2 Å². The second kappa shape index (κ2) is 6.45. The van der Waals surface area contributed by atoms with Crippen LogP contribution in [0.4, 0.5) is 4.79 Å². The summed E-state index contributed by atoms with van der Waals surface area (Å²) in [5.74, 6) is -0.0641. The highest BCUT2D eigenvalue weighted by Gasteiger charge is 2.21. The maximum absolute atomic E-state index is 11.7. The lowest BCUT2D eigenvalue weighted by Gasteiger charge is -2.23. The van der Waals surface area contributed by atoms with E-state index in [1.807, 2.05) is 6.08 Å². The number of nitrogens with one attached hydrogen (secondary N) is 1. The minimum atomic E-state index is -0.560. The van der Waals surface area contributed by atoms with Crippen molar-refractivity contribution in [3.05, 3.63) is 36.1 Å². The SMILES string of the molecule is C=C(O)C(CC1=CCCC=C1)NC(=O)OC(C)(C)C. The number of hydrogen-bond donors (Lipinski definition) is 2. The highest BCUT2D eigenvalue weighted by molar-refractivity contribution is 5.68. The summed E-state index contributed by atoms with van der Waals surface area (Å²) in [6, 6.07) is -0.524. The van der Waals surface area contributed by atoms with Crippen molar-refractivity contribution in [2.45, 2.75) is 51.7 Å². The summed E-state index contributed by atoms with van der Waals surface area (Å²) in [6.07, 6.45) is 8.19. The molecule has 1 unspecified atom stereocenters. The summed E-state index contributed by atoms with van der Waals surface area (Å²) < 4.78 is 5.17. The van der Waals surface area contributed by atoms with Gasteiger partial charge in [0.05, 0.1) is 6.04 Å². The molecule has 0 aliphatic heterocycles. The van der Waals surface area contributed by atoms with Gasteiger partial charge in [-0.05, 0) is 45.6 Å². The third-order valence-electron chi connectivity index (χ3n) is 2.60. The van der Waals surface area contributed by atoms with Gasteiger partial charge in [0.1, 0.15) is 11.4 Å². The fraction of sp³-hybridized carbons (Fsp3) is 0.533. The number of allylic oxidation sites excluding steroid dienone is 3. The van der Waals surface area contributed by atoms with Gasteiger partial charge in [-0.3, -0.25) is 0 Å². The molecule has 1 amide bonds. The van der Waals surface area contributed by atoms with Crippen molar-refractivity contribution in [1.29, 1.82) is 0 Å². The predicted octanol–water partition coefficient (Wildman–Crippen LogP) is 3.62. The molecule has 0 aromatic rings. The fourth-order valence-corrected chi connectivity index (χ4v) is 1.76. The van der Waals surface area contributed by atoms with Crippen LogP contribution in [0.25, 0.3) is 0 Å². The molecule has 1 aliphatic rings. The molecule has 1 rings (SSSR count). The smallest absolute Gasteiger partial charge is 0.408 e. The molecule has 0 aromatic heterocycles. The van der Waals surface area contributed by atoms with Gasteiger partial charge in [0.25, 0.3) is 0 Å². The van der Waals surface area contributed by atoms with E-state index >= 15 is 0 Å². The first-order valence-corrected chi connectivity index (χ1v) is 6.51. The average Bonchev–Trinajstić information content (AvgIpc) is 2.26. The van der Waals surface area contributed by atoms with Crippen LogP contribution in [0.3, 0.4) is 0 Å². The van der Waals surface area contributed by atoms with Crippen LogP contribution in [-0.4, -0.2) is 22.8 Å². The number of amides is 1. The van der Waals surface area contributed by atoms with Crippen LogP contribution < -0.4 is 5.32 Å². The fourth-order valence-electron chi connectivity index (χ4n) is 1.76. The molecular formula is C15H23NO3. The Morgan fingerprint density at radius 2 is 2.21 bits per heavy atom. The normalized spacial score (nSPS) is 16.5. The minimum absolute atomic E-state index is 0.0641. The zero-order chi connectivity index (χ0) is 14.5. The molecule has 4 nitrogen and oxygen atoms in total. The molecule has 1 atom stereocenters. The number of alkyl carbamates (subject to hydrolysis) is 1. The third-order valence-corrected chi connectivity index (χ3v) is 2.60. The predicted molar refractivity (Wildman–Crippen MR) is 76.0 cm³/mol. The van der Waals surface area contributed by atoms with E-state index in [2.05, 4.69) is 24.0 Å². The molecule has 106 valence electrons. The van der Waals surface area contributed by atoms with E-state index < -0.39 is 17.7 Å². The van der Waals surface area contributed by atoms with Gasteiger partial charge >= 0.3 is 6.09 Å². The van der Waals surface area contributed by atoms with Crippen LogP contribution in [0.5, 0.6) is 0 Å². The minimum Gasteiger partial charge on any atom is -0.511 e. The van der Waals surface area contributed by atoms with E-state index in [4.69, 9.17) is 4.74 Å². The molecule has 0 heterocycles. The molecule has 0 bridgehead atoms. The highest BCUT2D eigenvalue weighted by atomic mass is 16.6. The number of aliphatic hydroxyl groups excluding tert-OH is 1. The van der Waals surface area contributed by atoms with Crippen molar-refractivity contribution < 1.29 is 14.6 Å². The van der Waals surface area contributed by atoms with E-state index in [-0.39, 0.29) is 5.76 Å². The Morgan fingerprint density at radius 1 is 1.53 bits per heavy atom. The Hall–Kier alpha value is -1.71. The molecule has 0 spiro atoms. The third kappa shape index (κ3) is 6.13. The molecule has 4 heteroatoms. The maximum Gasteiger partial charge on any atom is 0.408 e. The Bertz CT molecular complexity index is 402. The van der Waals surface area contributed by atoms with Gasteiger partial charge in [-0.1, -0.05) is 24.8 Å². The molecule has 0 aromatic carbocycles. The summed E-state index contributed by atoms with van der Waals surface area (Å²) in [6.45, 7) is 8.88. The standard InChI is InChI=1S/C15H23NO3/c1-11(17)13(10-12-8-6-5-7-9-12)16-14(18)19-15(2,3)4/h6,8-9,13,17H,1,5,7,10H2,2-4H3,(H,16,18). The maximum atomic E-state index is 11.7. The Kier molecular flexibility index (Phi) is 5.21. The van der Waals surface area contributed by atoms with Crippen LogP contribution >= 0.6 is 0 Å². The topological polar surface area (TPSA) is 58.6 Å². The molecule has 0 saturated heterocycles. The van der Waals surface area contributed by atoms with E-state index in [0.717, 1.165) is 18.4 Å². The molecule has 0 radical (unpaired) electrons. The lowest BCUT2D eigenvalue weighted by atomic mass is 9.99. The van der Waals surface area contributed by atoms with Crippen molar-refractivity contribution in [2.24, 2.45) is 0 Å². The van der Waals surface area contributed by atoms with Crippen molar-refractivity contribution in [3.8, 4) is 0 Å². The Balaban J connectivity index is 2.58. The van der Waals surface area contributed by atoms with Crippen LogP contribution in [-0.2, 0) is 4.74 Å². The number of ether oxygens (including phenoxy) is 1. The summed E-state index contributed by atoms with van der Waals surface area (Å²) in [7, 11) is 0. The summed E-state index contributed by atoms with van der Waals surface area (Å²) >= 11 is 0. The van der Waals surface area contributed by atoms with Crippen LogP contribution in [0.2, 0.25) is 0 Å². The van der Waals surface area contributed by atoms with Crippen molar-refractivity contribution in [3.63, 3.8) is 0 Å². The lowest BCUT2D eigenvalue weighted by molar-refractivity contribution is 0.0502. The number of rotatable bonds is 4. The van der Waals surface area contributed by atoms with E-state index in [1.165, 1.54) is 0 Å². The van der Waals surface area contributed by atoms with Gasteiger partial charge in [0.2, 0.25) is 0 Å². The van der Waals surface area contributed by atoms with E-state index in [1.54, 1.807) is 20.8 Å². The van der Waals surface area contributed by atoms with E-state index in [0.29, 0.717) is 6.42 Å². The molecular weight excluding hydrogens is 242 g/mol. The van der Waals surface area contributed by atoms with Crippen molar-refractivity contribution >= 4 is 6.09 Å². The van der Waals surface area contributed by atoms with Gasteiger partial charge in [-0.15, -0.1) is 0 Å². The molecule has 0 fully saturated rings.